The van der Waals surface area contributed by atoms with E-state index >= 15 is 0 Å². The Balaban J connectivity index is 2.09. The minimum atomic E-state index is 0.711. The highest BCUT2D eigenvalue weighted by Crippen LogP contribution is 2.19. The molecule has 1 N–H and O–H groups in total. The molecule has 0 saturated carbocycles. The maximum absolute atomic E-state index is 3.52. The molecule has 2 heteroatoms. The van der Waals surface area contributed by atoms with Crippen LogP contribution in [0.15, 0.2) is 18.2 Å². The van der Waals surface area contributed by atoms with Gasteiger partial charge in [-0.2, -0.15) is 0 Å². The molecule has 1 aromatic rings. The third-order valence-electron chi connectivity index (χ3n) is 4.20. The van der Waals surface area contributed by atoms with Crippen LogP contribution >= 0.6 is 0 Å². The van der Waals surface area contributed by atoms with Gasteiger partial charge in [0.05, 0.1) is 0 Å². The first-order valence-electron chi connectivity index (χ1n) is 7.22. The van der Waals surface area contributed by atoms with Gasteiger partial charge in [-0.1, -0.05) is 25.1 Å². The van der Waals surface area contributed by atoms with Crippen molar-refractivity contribution in [3.8, 4) is 0 Å². The summed E-state index contributed by atoms with van der Waals surface area (Å²) in [6.45, 7) is 11.3. The second-order valence-electron chi connectivity index (χ2n) is 5.43. The minimum Gasteiger partial charge on any atom is -0.315 e. The van der Waals surface area contributed by atoms with Crippen LogP contribution in [0.5, 0.6) is 0 Å². The Labute approximate surface area is 111 Å². The number of likely N-dealkylation sites (N-methyl/N-ethyl adjacent to an activating group) is 1. The van der Waals surface area contributed by atoms with Crippen LogP contribution in [0.2, 0.25) is 0 Å². The minimum absolute atomic E-state index is 0.711. The van der Waals surface area contributed by atoms with Gasteiger partial charge in [0.15, 0.2) is 0 Å². The van der Waals surface area contributed by atoms with Crippen molar-refractivity contribution < 1.29 is 0 Å². The standard InChI is InChI=1S/C16H26N2/c1-4-18(15-9-6-10-17-11-15)12-16-13(2)7-5-8-14(16)3/h5,7-8,15,17H,4,6,9-12H2,1-3H3. The number of nitrogens with zero attached hydrogens (tertiary/aromatic N) is 1. The van der Waals surface area contributed by atoms with E-state index in [1.54, 1.807) is 0 Å². The second-order valence-corrected chi connectivity index (χ2v) is 5.43. The molecule has 1 saturated heterocycles. The lowest BCUT2D eigenvalue weighted by Gasteiger charge is -2.34. The lowest BCUT2D eigenvalue weighted by atomic mass is 10.00. The van der Waals surface area contributed by atoms with E-state index in [9.17, 15) is 0 Å². The summed E-state index contributed by atoms with van der Waals surface area (Å²) in [7, 11) is 0. The average Bonchev–Trinajstić information content (AvgIpc) is 2.40. The summed E-state index contributed by atoms with van der Waals surface area (Å²) < 4.78 is 0. The number of rotatable bonds is 4. The Morgan fingerprint density at radius 2 is 2.00 bits per heavy atom. The van der Waals surface area contributed by atoms with Crippen LogP contribution < -0.4 is 5.32 Å². The highest BCUT2D eigenvalue weighted by Gasteiger charge is 2.20. The molecular formula is C16H26N2. The van der Waals surface area contributed by atoms with E-state index in [1.807, 2.05) is 0 Å². The fourth-order valence-electron chi connectivity index (χ4n) is 2.95. The third kappa shape index (κ3) is 3.12. The van der Waals surface area contributed by atoms with E-state index in [-0.39, 0.29) is 0 Å². The number of hydrogen-bond donors (Lipinski definition) is 1. The van der Waals surface area contributed by atoms with Crippen molar-refractivity contribution in [1.29, 1.82) is 0 Å². The number of aryl methyl sites for hydroxylation is 2. The molecule has 100 valence electrons. The van der Waals surface area contributed by atoms with Crippen molar-refractivity contribution in [3.05, 3.63) is 34.9 Å². The zero-order valence-corrected chi connectivity index (χ0v) is 12.0. The number of benzene rings is 1. The van der Waals surface area contributed by atoms with Crippen LogP contribution in [0.4, 0.5) is 0 Å². The summed E-state index contributed by atoms with van der Waals surface area (Å²) >= 11 is 0. The van der Waals surface area contributed by atoms with Gasteiger partial charge in [0, 0.05) is 19.1 Å². The molecule has 18 heavy (non-hydrogen) atoms. The Morgan fingerprint density at radius 1 is 1.28 bits per heavy atom. The normalized spacial score (nSPS) is 20.3. The van der Waals surface area contributed by atoms with Crippen LogP contribution in [-0.2, 0) is 6.54 Å². The molecule has 2 nitrogen and oxygen atoms in total. The Bertz CT molecular complexity index is 360. The first-order chi connectivity index (χ1) is 8.72. The smallest absolute Gasteiger partial charge is 0.0242 e. The van der Waals surface area contributed by atoms with E-state index in [2.05, 4.69) is 49.2 Å². The lowest BCUT2D eigenvalue weighted by Crippen LogP contribution is -2.45. The molecule has 1 unspecified atom stereocenters. The van der Waals surface area contributed by atoms with Gasteiger partial charge in [0.2, 0.25) is 0 Å². The first kappa shape index (κ1) is 13.6. The highest BCUT2D eigenvalue weighted by molar-refractivity contribution is 5.33. The van der Waals surface area contributed by atoms with Crippen molar-refractivity contribution in [3.63, 3.8) is 0 Å². The molecule has 0 spiro atoms. The lowest BCUT2D eigenvalue weighted by molar-refractivity contribution is 0.165. The summed E-state index contributed by atoms with van der Waals surface area (Å²) in [5.41, 5.74) is 4.37. The molecule has 0 amide bonds. The Kier molecular flexibility index (Phi) is 4.79. The van der Waals surface area contributed by atoms with Crippen LogP contribution in [0, 0.1) is 13.8 Å². The van der Waals surface area contributed by atoms with Gasteiger partial charge in [-0.05, 0) is 56.5 Å². The van der Waals surface area contributed by atoms with Crippen molar-refractivity contribution >= 4 is 0 Å². The van der Waals surface area contributed by atoms with Crippen molar-refractivity contribution in [2.24, 2.45) is 0 Å². The Morgan fingerprint density at radius 3 is 2.56 bits per heavy atom. The molecule has 1 fully saturated rings. The highest BCUT2D eigenvalue weighted by atomic mass is 15.2. The van der Waals surface area contributed by atoms with Crippen molar-refractivity contribution in [2.45, 2.75) is 46.2 Å². The topological polar surface area (TPSA) is 15.3 Å². The van der Waals surface area contributed by atoms with Gasteiger partial charge in [-0.25, -0.2) is 0 Å². The van der Waals surface area contributed by atoms with Crippen LogP contribution in [0.25, 0.3) is 0 Å². The second kappa shape index (κ2) is 6.35. The van der Waals surface area contributed by atoms with Gasteiger partial charge in [-0.15, -0.1) is 0 Å². The molecule has 1 atom stereocenters. The number of nitrogens with one attached hydrogen (secondary N) is 1. The van der Waals surface area contributed by atoms with Gasteiger partial charge >= 0.3 is 0 Å². The first-order valence-corrected chi connectivity index (χ1v) is 7.22. The number of hydrogen-bond acceptors (Lipinski definition) is 2. The van der Waals surface area contributed by atoms with Crippen molar-refractivity contribution in [1.82, 2.24) is 10.2 Å². The van der Waals surface area contributed by atoms with E-state index < -0.39 is 0 Å². The molecule has 0 aliphatic carbocycles. The molecule has 1 aromatic carbocycles. The fourth-order valence-corrected chi connectivity index (χ4v) is 2.95. The summed E-state index contributed by atoms with van der Waals surface area (Å²) in [4.78, 5) is 2.63. The zero-order chi connectivity index (χ0) is 13.0. The molecule has 2 rings (SSSR count). The van der Waals surface area contributed by atoms with Crippen molar-refractivity contribution in [2.75, 3.05) is 19.6 Å². The quantitative estimate of drug-likeness (QED) is 0.879. The summed E-state index contributed by atoms with van der Waals surface area (Å²) in [5.74, 6) is 0. The monoisotopic (exact) mass is 246 g/mol. The molecular weight excluding hydrogens is 220 g/mol. The van der Waals surface area contributed by atoms with E-state index in [0.717, 1.165) is 19.6 Å². The predicted molar refractivity (Wildman–Crippen MR) is 77.9 cm³/mol. The third-order valence-corrected chi connectivity index (χ3v) is 4.20. The number of piperidine rings is 1. The SMILES string of the molecule is CCN(Cc1c(C)cccc1C)C1CCCNC1. The summed E-state index contributed by atoms with van der Waals surface area (Å²) in [5, 5.41) is 3.52. The zero-order valence-electron chi connectivity index (χ0n) is 12.0. The van der Waals surface area contributed by atoms with Crippen LogP contribution in [0.3, 0.4) is 0 Å². The van der Waals surface area contributed by atoms with E-state index in [1.165, 1.54) is 36.1 Å². The average molecular weight is 246 g/mol. The Hall–Kier alpha value is -0.860. The summed E-state index contributed by atoms with van der Waals surface area (Å²) in [6, 6.07) is 7.33. The molecule has 0 radical (unpaired) electrons. The fraction of sp³-hybridized carbons (Fsp3) is 0.625. The van der Waals surface area contributed by atoms with E-state index in [0.29, 0.717) is 6.04 Å². The molecule has 1 heterocycles. The summed E-state index contributed by atoms with van der Waals surface area (Å²) in [6.07, 6.45) is 2.65. The van der Waals surface area contributed by atoms with Crippen LogP contribution in [-0.4, -0.2) is 30.6 Å². The van der Waals surface area contributed by atoms with Gasteiger partial charge in [0.1, 0.15) is 0 Å². The van der Waals surface area contributed by atoms with Gasteiger partial charge in [0.25, 0.3) is 0 Å². The molecule has 1 aliphatic rings. The van der Waals surface area contributed by atoms with Gasteiger partial charge in [-0.3, -0.25) is 4.90 Å². The molecule has 1 aliphatic heterocycles. The van der Waals surface area contributed by atoms with Crippen LogP contribution in [0.1, 0.15) is 36.5 Å². The largest absolute Gasteiger partial charge is 0.315 e. The maximum Gasteiger partial charge on any atom is 0.0242 e. The molecule has 0 aromatic heterocycles. The predicted octanol–water partition coefficient (Wildman–Crippen LogP) is 2.88. The van der Waals surface area contributed by atoms with Gasteiger partial charge < -0.3 is 5.32 Å². The van der Waals surface area contributed by atoms with E-state index in [4.69, 9.17) is 0 Å². The molecule has 0 bridgehead atoms. The maximum atomic E-state index is 3.52.